The molecule has 4 fully saturated rings. The smallest absolute Gasteiger partial charge is 0.408 e. The first kappa shape index (κ1) is 56.8. The maximum atomic E-state index is 15.6. The second-order valence-corrected chi connectivity index (χ2v) is 28.8. The summed E-state index contributed by atoms with van der Waals surface area (Å²) < 4.78 is 63.4. The fraction of sp³-hybridized carbons (Fsp3) is 0.722. The van der Waals surface area contributed by atoms with Crippen LogP contribution < -0.4 is 14.8 Å². The Labute approximate surface area is 426 Å². The third-order valence-electron chi connectivity index (χ3n) is 16.3. The molecule has 2 N–H and O–H groups in total. The molecule has 2 aliphatic heterocycles. The average molecular weight is 1030 g/mol. The molecule has 1 aromatic carbocycles. The minimum Gasteiger partial charge on any atom is -0.497 e. The van der Waals surface area contributed by atoms with Crippen molar-refractivity contribution in [2.24, 2.45) is 16.7 Å². The fourth-order valence-electron chi connectivity index (χ4n) is 13.2. The standard InChI is InChI=1S/C54H81NO16Si/c1-27(2)22-36(55-49(60)70-50(12,13)14)42(71-72(28(3)4,29(5)6)30(7)8)48(59)66-38-25-54(61)46(68-47(58)35-23-34(62-18)20-21-37(35)63-19)44-52(17)39(24-40-53(44,26-64-40)69-33(11)57)67-45(52)43(65-32(10)56)41(31(38)9)51(54,15)16/h20-23,28-30,36,38-40,42-46,61H,24-26H2,1-19H3,(H,55,60)/t36-,38-,39+,40+,42+,43+,44-,45-,46-,52+,53-,54+/m0/s1. The van der Waals surface area contributed by atoms with E-state index in [4.69, 9.17) is 47.1 Å². The molecule has 2 saturated heterocycles. The van der Waals surface area contributed by atoms with Crippen molar-refractivity contribution in [1.29, 1.82) is 0 Å². The highest BCUT2D eigenvalue weighted by molar-refractivity contribution is 6.77. The van der Waals surface area contributed by atoms with Gasteiger partial charge in [-0.05, 0) is 87.5 Å². The van der Waals surface area contributed by atoms with Crippen LogP contribution in [-0.2, 0) is 52.0 Å². The summed E-state index contributed by atoms with van der Waals surface area (Å²) >= 11 is 0. The molecule has 1 amide bonds. The van der Waals surface area contributed by atoms with Crippen LogP contribution in [-0.4, -0.2) is 130 Å². The normalized spacial score (nSPS) is 31.2. The number of esters is 4. The lowest BCUT2D eigenvalue weighted by Gasteiger charge is -2.74. The molecule has 17 nitrogen and oxygen atoms in total. The molecule has 12 atom stereocenters. The van der Waals surface area contributed by atoms with Crippen LogP contribution in [0.5, 0.6) is 11.5 Å². The van der Waals surface area contributed by atoms with Gasteiger partial charge in [0.15, 0.2) is 17.8 Å². The van der Waals surface area contributed by atoms with Gasteiger partial charge in [0.2, 0.25) is 8.32 Å². The van der Waals surface area contributed by atoms with Crippen LogP contribution in [0.3, 0.4) is 0 Å². The predicted octanol–water partition coefficient (Wildman–Crippen LogP) is 8.48. The number of hydrogen-bond acceptors (Lipinski definition) is 16. The van der Waals surface area contributed by atoms with Gasteiger partial charge in [-0.25, -0.2) is 14.4 Å². The Hall–Kier alpha value is -4.49. The number of nitrogens with one attached hydrogen (secondary N) is 1. The number of hydrogen-bond donors (Lipinski definition) is 2. The first-order valence-electron chi connectivity index (χ1n) is 25.3. The van der Waals surface area contributed by atoms with E-state index < -0.39 is 121 Å². The van der Waals surface area contributed by atoms with Gasteiger partial charge in [0.1, 0.15) is 52.7 Å². The summed E-state index contributed by atoms with van der Waals surface area (Å²) in [6, 6.07) is 3.57. The van der Waals surface area contributed by atoms with Crippen LogP contribution in [0, 0.1) is 16.7 Å². The molecule has 2 heterocycles. The zero-order valence-corrected chi connectivity index (χ0v) is 46.9. The number of alkyl carbamates (subject to hydrolysis) is 1. The van der Waals surface area contributed by atoms with Gasteiger partial charge < -0.3 is 57.5 Å². The number of ether oxygens (including phenoxy) is 9. The topological polar surface area (TPSA) is 210 Å². The van der Waals surface area contributed by atoms with Crippen molar-refractivity contribution < 1.29 is 76.1 Å². The van der Waals surface area contributed by atoms with Crippen LogP contribution in [0.25, 0.3) is 0 Å². The molecule has 2 saturated carbocycles. The molecule has 0 spiro atoms. The van der Waals surface area contributed by atoms with Crippen LogP contribution >= 0.6 is 0 Å². The van der Waals surface area contributed by atoms with Crippen molar-refractivity contribution in [3.8, 4) is 11.5 Å². The molecular formula is C54H81NO16Si. The van der Waals surface area contributed by atoms with Gasteiger partial charge in [-0.3, -0.25) is 9.59 Å². The fourth-order valence-corrected chi connectivity index (χ4v) is 18.7. The zero-order valence-electron chi connectivity index (χ0n) is 45.9. The summed E-state index contributed by atoms with van der Waals surface area (Å²) in [4.78, 5) is 71.2. The third kappa shape index (κ3) is 9.71. The van der Waals surface area contributed by atoms with E-state index >= 15 is 9.59 Å². The lowest BCUT2D eigenvalue weighted by Crippen LogP contribution is -2.86. The summed E-state index contributed by atoms with van der Waals surface area (Å²) in [6.45, 7) is 31.1. The molecule has 402 valence electrons. The van der Waals surface area contributed by atoms with Crippen molar-refractivity contribution in [3.63, 3.8) is 0 Å². The second kappa shape index (κ2) is 20.3. The van der Waals surface area contributed by atoms with E-state index in [2.05, 4.69) is 46.9 Å². The largest absolute Gasteiger partial charge is 0.497 e. The summed E-state index contributed by atoms with van der Waals surface area (Å²) in [5.74, 6) is -3.58. The first-order valence-corrected chi connectivity index (χ1v) is 27.4. The van der Waals surface area contributed by atoms with Crippen molar-refractivity contribution in [3.05, 3.63) is 46.6 Å². The number of fused-ring (bicyclic) bond motifs is 4. The molecule has 1 aromatic rings. The summed E-state index contributed by atoms with van der Waals surface area (Å²) in [6.07, 6.45) is -6.89. The molecule has 0 radical (unpaired) electrons. The van der Waals surface area contributed by atoms with Crippen LogP contribution in [0.1, 0.15) is 141 Å². The lowest BCUT2D eigenvalue weighted by atomic mass is 9.42. The molecule has 72 heavy (non-hydrogen) atoms. The van der Waals surface area contributed by atoms with Gasteiger partial charge in [0.25, 0.3) is 0 Å². The summed E-state index contributed by atoms with van der Waals surface area (Å²) in [5.41, 5.74) is -5.54. The molecule has 5 aliphatic rings. The number of allylic oxidation sites excluding steroid dienone is 1. The van der Waals surface area contributed by atoms with Gasteiger partial charge in [0.05, 0.1) is 38.9 Å². The molecule has 3 aliphatic carbocycles. The SMILES string of the molecule is COc1ccc(OC)c(C(=O)O[C@H]2[C@@H]3[C@]4(OC(C)=O)CO[C@@H]4C[C@H]4O[C@@H]([C@H](OC(C)=O)C5=C(C)[C@@H](OC(=O)[C@H](O[Si](C(C)C)(C(C)C)C(C)C)[C@H](C=C(C)C)NC(=O)OC(C)(C)C)C[C@]2(O)C5(C)C)[C@@]34C)c1. The number of carbonyl (C=O) groups is 5. The van der Waals surface area contributed by atoms with Gasteiger partial charge in [0, 0.05) is 37.5 Å². The maximum Gasteiger partial charge on any atom is 0.408 e. The monoisotopic (exact) mass is 1030 g/mol. The molecule has 0 aromatic heterocycles. The van der Waals surface area contributed by atoms with Crippen molar-refractivity contribution in [1.82, 2.24) is 5.32 Å². The van der Waals surface area contributed by atoms with E-state index in [1.807, 2.05) is 20.8 Å². The Kier molecular flexibility index (Phi) is 16.0. The summed E-state index contributed by atoms with van der Waals surface area (Å²) in [5, 5.41) is 17.2. The molecule has 0 unspecified atom stereocenters. The molecule has 6 rings (SSSR count). The maximum absolute atomic E-state index is 15.6. The Morgan fingerprint density at radius 1 is 0.875 bits per heavy atom. The number of amides is 1. The van der Waals surface area contributed by atoms with E-state index in [9.17, 15) is 19.5 Å². The van der Waals surface area contributed by atoms with Crippen molar-refractivity contribution in [2.45, 2.75) is 213 Å². The lowest BCUT2D eigenvalue weighted by molar-refractivity contribution is -0.416. The number of benzene rings is 1. The van der Waals surface area contributed by atoms with E-state index in [-0.39, 0.29) is 47.4 Å². The highest BCUT2D eigenvalue weighted by atomic mass is 28.4. The van der Waals surface area contributed by atoms with Crippen LogP contribution in [0.4, 0.5) is 4.79 Å². The van der Waals surface area contributed by atoms with Crippen LogP contribution in [0.2, 0.25) is 16.6 Å². The first-order chi connectivity index (χ1) is 33.3. The van der Waals surface area contributed by atoms with E-state index in [1.165, 1.54) is 34.1 Å². The quantitative estimate of drug-likeness (QED) is 0.0688. The van der Waals surface area contributed by atoms with Gasteiger partial charge >= 0.3 is 30.0 Å². The minimum absolute atomic E-state index is 0.00329. The number of aliphatic hydroxyl groups is 1. The minimum atomic E-state index is -2.98. The Bertz CT molecular complexity index is 2310. The third-order valence-corrected chi connectivity index (χ3v) is 22.4. The average Bonchev–Trinajstić information content (AvgIpc) is 3.24. The highest BCUT2D eigenvalue weighted by Crippen LogP contribution is 2.69. The Morgan fingerprint density at radius 3 is 2.00 bits per heavy atom. The number of carbonyl (C=O) groups excluding carboxylic acids is 5. The van der Waals surface area contributed by atoms with Gasteiger partial charge in [-0.15, -0.1) is 0 Å². The van der Waals surface area contributed by atoms with Gasteiger partial charge in [-0.1, -0.05) is 74.0 Å². The molecule has 2 bridgehead atoms. The van der Waals surface area contributed by atoms with Crippen molar-refractivity contribution >= 4 is 38.3 Å². The number of rotatable bonds is 16. The van der Waals surface area contributed by atoms with E-state index in [1.54, 1.807) is 59.8 Å². The highest BCUT2D eigenvalue weighted by Gasteiger charge is 2.82. The predicted molar refractivity (Wildman–Crippen MR) is 268 cm³/mol. The molecule has 18 heteroatoms. The van der Waals surface area contributed by atoms with Crippen LogP contribution in [0.15, 0.2) is 41.0 Å². The Balaban J connectivity index is 1.61. The Morgan fingerprint density at radius 2 is 1.50 bits per heavy atom. The summed E-state index contributed by atoms with van der Waals surface area (Å²) in [7, 11) is -0.112. The molecular weight excluding hydrogens is 947 g/mol. The zero-order chi connectivity index (χ0) is 54.0. The van der Waals surface area contributed by atoms with E-state index in [0.717, 1.165) is 5.57 Å². The van der Waals surface area contributed by atoms with Gasteiger partial charge in [-0.2, -0.15) is 0 Å². The number of methoxy groups -OCH3 is 2. The van der Waals surface area contributed by atoms with E-state index in [0.29, 0.717) is 16.9 Å². The van der Waals surface area contributed by atoms with Crippen molar-refractivity contribution in [2.75, 3.05) is 20.8 Å². The second-order valence-electron chi connectivity index (χ2n) is 23.4.